The Morgan fingerprint density at radius 2 is 1.85 bits per heavy atom. The van der Waals surface area contributed by atoms with E-state index in [1.54, 1.807) is 11.0 Å². The van der Waals surface area contributed by atoms with Crippen LogP contribution in [0.5, 0.6) is 0 Å². The van der Waals surface area contributed by atoms with Crippen molar-refractivity contribution in [3.63, 3.8) is 0 Å². The molecule has 0 aromatic heterocycles. The van der Waals surface area contributed by atoms with Crippen LogP contribution in [0.4, 0.5) is 22.4 Å². The van der Waals surface area contributed by atoms with Crippen LogP contribution in [0.25, 0.3) is 0 Å². The number of fused-ring (bicyclic) bond motifs is 1. The van der Waals surface area contributed by atoms with E-state index in [9.17, 15) is 31.9 Å². The van der Waals surface area contributed by atoms with Gasteiger partial charge in [0.15, 0.2) is 0 Å². The van der Waals surface area contributed by atoms with Gasteiger partial charge in [0, 0.05) is 24.6 Å². The average molecular weight is 483 g/mol. The summed E-state index contributed by atoms with van der Waals surface area (Å²) in [5.74, 6) is -9.02. The first-order chi connectivity index (χ1) is 15.9. The molecule has 1 aromatic carbocycles. The van der Waals surface area contributed by atoms with E-state index in [1.165, 1.54) is 12.1 Å². The molecule has 3 N–H and O–H groups in total. The van der Waals surface area contributed by atoms with Crippen molar-refractivity contribution in [3.05, 3.63) is 34.9 Å². The first kappa shape index (κ1) is 24.0. The van der Waals surface area contributed by atoms with Gasteiger partial charge >= 0.3 is 12.0 Å². The zero-order valence-corrected chi connectivity index (χ0v) is 18.5. The minimum Gasteiger partial charge on any atom is -0.333 e. The van der Waals surface area contributed by atoms with Crippen LogP contribution in [-0.2, 0) is 11.3 Å². The normalized spacial score (nSPS) is 23.7. The number of halogens is 4. The van der Waals surface area contributed by atoms with Crippen LogP contribution in [0.3, 0.4) is 0 Å². The Hall–Kier alpha value is -3.18. The van der Waals surface area contributed by atoms with Crippen LogP contribution in [0, 0.1) is 5.41 Å². The molecule has 8 nitrogen and oxygen atoms in total. The van der Waals surface area contributed by atoms with E-state index in [4.69, 9.17) is 5.41 Å². The SMILES string of the molecule is CC(F)(F)C(=O)NC(=N)c1ccc2c(c1)C(=O)N(C1CCCC[C@H]1NC(=O)N1CC(F)(F)C1)C2. The second-order valence-corrected chi connectivity index (χ2v) is 9.14. The Bertz CT molecular complexity index is 1030. The molecule has 1 unspecified atom stereocenters. The van der Waals surface area contributed by atoms with Gasteiger partial charge in [-0.1, -0.05) is 25.0 Å². The van der Waals surface area contributed by atoms with E-state index in [-0.39, 0.29) is 29.6 Å². The highest BCUT2D eigenvalue weighted by atomic mass is 19.3. The van der Waals surface area contributed by atoms with Gasteiger partial charge in [-0.05, 0) is 24.5 Å². The van der Waals surface area contributed by atoms with Crippen LogP contribution < -0.4 is 10.6 Å². The van der Waals surface area contributed by atoms with Gasteiger partial charge in [-0.15, -0.1) is 0 Å². The number of hydrogen-bond donors (Lipinski definition) is 3. The fourth-order valence-electron chi connectivity index (χ4n) is 4.60. The van der Waals surface area contributed by atoms with Crippen molar-refractivity contribution in [1.29, 1.82) is 5.41 Å². The van der Waals surface area contributed by atoms with Crippen molar-refractivity contribution in [1.82, 2.24) is 20.4 Å². The Kier molecular flexibility index (Phi) is 6.03. The van der Waals surface area contributed by atoms with Crippen LogP contribution in [0.1, 0.15) is 54.1 Å². The van der Waals surface area contributed by atoms with Crippen molar-refractivity contribution in [2.75, 3.05) is 13.1 Å². The summed E-state index contributed by atoms with van der Waals surface area (Å²) in [6.45, 7) is -0.564. The van der Waals surface area contributed by atoms with Crippen molar-refractivity contribution in [2.45, 2.75) is 63.1 Å². The maximum atomic E-state index is 13.2. The molecule has 1 saturated heterocycles. The predicted octanol–water partition coefficient (Wildman–Crippen LogP) is 2.71. The van der Waals surface area contributed by atoms with Gasteiger partial charge in [-0.2, -0.15) is 8.78 Å². The summed E-state index contributed by atoms with van der Waals surface area (Å²) in [4.78, 5) is 39.7. The second-order valence-electron chi connectivity index (χ2n) is 9.14. The third kappa shape index (κ3) is 4.71. The van der Waals surface area contributed by atoms with Gasteiger partial charge in [-0.3, -0.25) is 15.0 Å². The summed E-state index contributed by atoms with van der Waals surface area (Å²) in [7, 11) is 0. The molecule has 2 fully saturated rings. The molecular weight excluding hydrogens is 458 g/mol. The lowest BCUT2D eigenvalue weighted by Gasteiger charge is -2.42. The number of nitrogens with one attached hydrogen (secondary N) is 3. The lowest BCUT2D eigenvalue weighted by molar-refractivity contribution is -0.141. The van der Waals surface area contributed by atoms with Crippen molar-refractivity contribution in [3.8, 4) is 0 Å². The standard InChI is InChI=1S/C22H25F4N5O3/c1-21(23,24)19(33)29-17(27)12-6-7-13-9-31(18(32)14(13)8-12)16-5-3-2-4-15(16)28-20(34)30-10-22(25,26)11-30/h6-8,15-16H,2-5,9-11H2,1H3,(H,28,34)(H2,27,29,33)/t15-,16?/m1/s1. The molecule has 3 aliphatic rings. The third-order valence-electron chi connectivity index (χ3n) is 6.44. The first-order valence-corrected chi connectivity index (χ1v) is 11.0. The molecule has 1 aliphatic carbocycles. The molecule has 34 heavy (non-hydrogen) atoms. The number of alkyl halides is 4. The van der Waals surface area contributed by atoms with Crippen molar-refractivity contribution in [2.24, 2.45) is 0 Å². The largest absolute Gasteiger partial charge is 0.333 e. The van der Waals surface area contributed by atoms with Crippen LogP contribution in [0.2, 0.25) is 0 Å². The van der Waals surface area contributed by atoms with Crippen molar-refractivity contribution < 1.29 is 31.9 Å². The van der Waals surface area contributed by atoms with Gasteiger partial charge in [0.25, 0.3) is 17.7 Å². The maximum absolute atomic E-state index is 13.2. The summed E-state index contributed by atoms with van der Waals surface area (Å²) in [5.41, 5.74) is 1.07. The number of urea groups is 1. The third-order valence-corrected chi connectivity index (χ3v) is 6.44. The Balaban J connectivity index is 1.45. The molecule has 4 rings (SSSR count). The predicted molar refractivity (Wildman–Crippen MR) is 113 cm³/mol. The van der Waals surface area contributed by atoms with Gasteiger partial charge < -0.3 is 20.4 Å². The number of carbonyl (C=O) groups is 3. The summed E-state index contributed by atoms with van der Waals surface area (Å²) >= 11 is 0. The summed E-state index contributed by atoms with van der Waals surface area (Å²) in [6, 6.07) is 3.15. The lowest BCUT2D eigenvalue weighted by Crippen LogP contribution is -2.64. The van der Waals surface area contributed by atoms with E-state index in [0.29, 0.717) is 25.3 Å². The second kappa shape index (κ2) is 8.55. The molecule has 2 aliphatic heterocycles. The van der Waals surface area contributed by atoms with E-state index < -0.39 is 48.8 Å². The number of likely N-dealkylation sites (tertiary alicyclic amines) is 1. The molecule has 12 heteroatoms. The number of amides is 4. The van der Waals surface area contributed by atoms with E-state index in [0.717, 1.165) is 17.7 Å². The number of rotatable bonds is 4. The van der Waals surface area contributed by atoms with Crippen LogP contribution in [-0.4, -0.2) is 70.5 Å². The van der Waals surface area contributed by atoms with Gasteiger partial charge in [-0.25, -0.2) is 13.6 Å². The lowest BCUT2D eigenvalue weighted by atomic mass is 9.89. The Morgan fingerprint density at radius 1 is 1.18 bits per heavy atom. The summed E-state index contributed by atoms with van der Waals surface area (Å²) in [5, 5.41) is 12.6. The minimum atomic E-state index is -3.65. The number of hydrogen-bond acceptors (Lipinski definition) is 4. The molecule has 184 valence electrons. The molecular formula is C22H25F4N5O3. The zero-order valence-electron chi connectivity index (χ0n) is 18.5. The van der Waals surface area contributed by atoms with Gasteiger partial charge in [0.1, 0.15) is 5.84 Å². The highest BCUT2D eigenvalue weighted by molar-refractivity contribution is 6.09. The molecule has 4 amide bonds. The van der Waals surface area contributed by atoms with Crippen LogP contribution in [0.15, 0.2) is 18.2 Å². The Labute approximate surface area is 193 Å². The molecule has 0 spiro atoms. The number of benzene rings is 1. The highest BCUT2D eigenvalue weighted by Gasteiger charge is 2.47. The Morgan fingerprint density at radius 3 is 2.50 bits per heavy atom. The summed E-state index contributed by atoms with van der Waals surface area (Å²) in [6.07, 6.45) is 2.90. The zero-order chi connectivity index (χ0) is 24.8. The minimum absolute atomic E-state index is 0.110. The molecule has 1 aromatic rings. The summed E-state index contributed by atoms with van der Waals surface area (Å²) < 4.78 is 52.5. The first-order valence-electron chi connectivity index (χ1n) is 11.0. The van der Waals surface area contributed by atoms with Crippen molar-refractivity contribution >= 4 is 23.7 Å². The fraction of sp³-hybridized carbons (Fsp3) is 0.545. The molecule has 0 radical (unpaired) electrons. The molecule has 2 atom stereocenters. The molecule has 2 heterocycles. The number of carbonyl (C=O) groups excluding carboxylic acids is 3. The van der Waals surface area contributed by atoms with E-state index in [1.807, 2.05) is 5.32 Å². The fourth-order valence-corrected chi connectivity index (χ4v) is 4.60. The van der Waals surface area contributed by atoms with Gasteiger partial charge in [0.2, 0.25) is 0 Å². The van der Waals surface area contributed by atoms with E-state index >= 15 is 0 Å². The van der Waals surface area contributed by atoms with Gasteiger partial charge in [0.05, 0.1) is 25.2 Å². The average Bonchev–Trinajstić information content (AvgIpc) is 3.07. The smallest absolute Gasteiger partial charge is 0.322 e. The highest BCUT2D eigenvalue weighted by Crippen LogP contribution is 2.33. The van der Waals surface area contributed by atoms with E-state index in [2.05, 4.69) is 5.32 Å². The van der Waals surface area contributed by atoms with Crippen LogP contribution >= 0.6 is 0 Å². The topological polar surface area (TPSA) is 106 Å². The number of nitrogens with zero attached hydrogens (tertiary/aromatic N) is 2. The number of amidine groups is 1. The monoisotopic (exact) mass is 483 g/mol. The quantitative estimate of drug-likeness (QED) is 0.348. The molecule has 1 saturated carbocycles. The molecule has 0 bridgehead atoms. The maximum Gasteiger partial charge on any atom is 0.322 e.